The van der Waals surface area contributed by atoms with E-state index in [1.54, 1.807) is 13.8 Å². The summed E-state index contributed by atoms with van der Waals surface area (Å²) in [6.07, 6.45) is 0.256. The maximum absolute atomic E-state index is 13.5. The van der Waals surface area contributed by atoms with Gasteiger partial charge in [-0.15, -0.1) is 11.8 Å². The predicted molar refractivity (Wildman–Crippen MR) is 158 cm³/mol. The maximum Gasteiger partial charge on any atom is 0.305 e. The largest absolute Gasteiger partial charge is 0.481 e. The van der Waals surface area contributed by atoms with E-state index < -0.39 is 90.0 Å². The number of rotatable bonds is 7. The summed E-state index contributed by atoms with van der Waals surface area (Å²) in [6, 6.07) is -7.02. The number of guanidine groups is 1. The molecule has 0 aliphatic carbocycles. The summed E-state index contributed by atoms with van der Waals surface area (Å²) >= 11 is 1.41. The summed E-state index contributed by atoms with van der Waals surface area (Å²) in [5.41, 5.74) is 10.7. The van der Waals surface area contributed by atoms with Gasteiger partial charge in [-0.3, -0.25) is 38.6 Å². The number of aliphatic imine (C=N–C) groups is 1. The van der Waals surface area contributed by atoms with E-state index in [0.717, 1.165) is 0 Å². The minimum atomic E-state index is -1.56. The zero-order chi connectivity index (χ0) is 32.7. The Labute approximate surface area is 258 Å². The summed E-state index contributed by atoms with van der Waals surface area (Å²) in [5.74, 6) is -5.88. The Bertz CT molecular complexity index is 1190. The monoisotopic (exact) mass is 639 g/mol. The Balaban J connectivity index is 1.95. The van der Waals surface area contributed by atoms with E-state index in [1.165, 1.54) is 23.6 Å². The van der Waals surface area contributed by atoms with Gasteiger partial charge in [-0.25, -0.2) is 0 Å². The van der Waals surface area contributed by atoms with Crippen molar-refractivity contribution in [2.45, 2.75) is 94.5 Å². The Hall–Kier alpha value is -4.09. The fourth-order valence-electron chi connectivity index (χ4n) is 5.18. The second-order valence-corrected chi connectivity index (χ2v) is 12.5. The molecule has 244 valence electrons. The van der Waals surface area contributed by atoms with Gasteiger partial charge in [0.25, 0.3) is 0 Å². The van der Waals surface area contributed by atoms with Crippen molar-refractivity contribution < 1.29 is 38.7 Å². The summed E-state index contributed by atoms with van der Waals surface area (Å²) < 4.78 is 0. The van der Waals surface area contributed by atoms with E-state index in [4.69, 9.17) is 11.5 Å². The van der Waals surface area contributed by atoms with Crippen LogP contribution in [0.25, 0.3) is 0 Å². The molecule has 0 radical (unpaired) electrons. The predicted octanol–water partition coefficient (Wildman–Crippen LogP) is -3.31. The number of nitrogens with zero attached hydrogens (tertiary/aromatic N) is 2. The van der Waals surface area contributed by atoms with Crippen molar-refractivity contribution in [1.29, 1.82) is 0 Å². The van der Waals surface area contributed by atoms with Crippen LogP contribution in [0.2, 0.25) is 0 Å². The molecule has 10 N–H and O–H groups in total. The lowest BCUT2D eigenvalue weighted by atomic mass is 9.99. The third-order valence-corrected chi connectivity index (χ3v) is 8.91. The number of nitrogens with one attached hydrogen (secondary N) is 5. The Morgan fingerprint density at radius 3 is 2.23 bits per heavy atom. The molecule has 17 nitrogen and oxygen atoms in total. The molecular weight excluding hydrogens is 598 g/mol. The maximum atomic E-state index is 13.5. The number of hydrogen-bond acceptors (Lipinski definition) is 9. The van der Waals surface area contributed by atoms with Crippen molar-refractivity contribution in [2.75, 3.05) is 12.3 Å². The molecule has 6 amide bonds. The minimum absolute atomic E-state index is 0.0656. The van der Waals surface area contributed by atoms with Crippen molar-refractivity contribution >= 4 is 59.1 Å². The lowest BCUT2D eigenvalue weighted by Crippen LogP contribution is -2.63. The van der Waals surface area contributed by atoms with Crippen LogP contribution < -0.4 is 38.1 Å². The molecule has 3 aliphatic rings. The van der Waals surface area contributed by atoms with Crippen LogP contribution in [0.3, 0.4) is 0 Å². The van der Waals surface area contributed by atoms with Gasteiger partial charge < -0.3 is 48.1 Å². The lowest BCUT2D eigenvalue weighted by molar-refractivity contribution is -0.147. The summed E-state index contributed by atoms with van der Waals surface area (Å²) in [4.78, 5) is 96.6. The van der Waals surface area contributed by atoms with E-state index in [0.29, 0.717) is 6.42 Å². The lowest BCUT2D eigenvalue weighted by Gasteiger charge is -2.38. The number of aliphatic carboxylic acids is 1. The number of thioether (sulfide) groups is 1. The molecule has 3 fully saturated rings. The van der Waals surface area contributed by atoms with Gasteiger partial charge in [0.1, 0.15) is 36.3 Å². The van der Waals surface area contributed by atoms with E-state index in [2.05, 4.69) is 31.6 Å². The Kier molecular flexibility index (Phi) is 11.8. The Morgan fingerprint density at radius 2 is 1.59 bits per heavy atom. The highest BCUT2D eigenvalue weighted by atomic mass is 32.2. The van der Waals surface area contributed by atoms with E-state index in [-0.39, 0.29) is 42.9 Å². The molecule has 44 heavy (non-hydrogen) atoms. The van der Waals surface area contributed by atoms with Gasteiger partial charge in [-0.1, -0.05) is 13.8 Å². The van der Waals surface area contributed by atoms with Gasteiger partial charge in [-0.05, 0) is 38.5 Å². The van der Waals surface area contributed by atoms with E-state index >= 15 is 0 Å². The number of carboxylic acids is 1. The molecule has 0 aromatic carbocycles. The molecule has 3 aliphatic heterocycles. The van der Waals surface area contributed by atoms with Crippen LogP contribution in [0, 0.1) is 5.92 Å². The van der Waals surface area contributed by atoms with Crippen LogP contribution in [0.15, 0.2) is 4.99 Å². The Morgan fingerprint density at radius 1 is 0.932 bits per heavy atom. The second kappa shape index (κ2) is 15.1. The highest BCUT2D eigenvalue weighted by Crippen LogP contribution is 2.36. The summed E-state index contributed by atoms with van der Waals surface area (Å²) in [5, 5.41) is 21.8. The number of carbonyl (C=O) groups excluding carboxylic acids is 6. The number of hydrogen-bond donors (Lipinski definition) is 8. The molecule has 0 spiro atoms. The van der Waals surface area contributed by atoms with Crippen molar-refractivity contribution in [3.63, 3.8) is 0 Å². The smallest absolute Gasteiger partial charge is 0.305 e. The van der Waals surface area contributed by atoms with Crippen LogP contribution >= 0.6 is 11.8 Å². The molecule has 0 saturated carbocycles. The van der Waals surface area contributed by atoms with Gasteiger partial charge in [0.05, 0.1) is 11.8 Å². The van der Waals surface area contributed by atoms with Crippen LogP contribution in [-0.4, -0.2) is 111 Å². The van der Waals surface area contributed by atoms with Crippen molar-refractivity contribution in [1.82, 2.24) is 31.5 Å². The molecule has 0 unspecified atom stereocenters. The number of fused-ring (bicyclic) bond motifs is 1. The third-order valence-electron chi connectivity index (χ3n) is 7.56. The highest BCUT2D eigenvalue weighted by molar-refractivity contribution is 8.00. The number of carboxylic acid groups (broad SMARTS) is 1. The normalized spacial score (nSPS) is 30.3. The average molecular weight is 640 g/mol. The van der Waals surface area contributed by atoms with E-state index in [1.807, 2.05) is 0 Å². The zero-order valence-electron chi connectivity index (χ0n) is 24.8. The fraction of sp³-hybridized carbons (Fsp3) is 0.692. The van der Waals surface area contributed by atoms with Crippen molar-refractivity contribution in [3.8, 4) is 0 Å². The molecule has 3 rings (SSSR count). The van der Waals surface area contributed by atoms with Crippen molar-refractivity contribution in [3.05, 3.63) is 0 Å². The third kappa shape index (κ3) is 8.73. The quantitative estimate of drug-likeness (QED) is 0.0776. The molecule has 3 saturated heterocycles. The first-order valence-electron chi connectivity index (χ1n) is 14.4. The van der Waals surface area contributed by atoms with Crippen molar-refractivity contribution in [2.24, 2.45) is 22.4 Å². The summed E-state index contributed by atoms with van der Waals surface area (Å²) in [7, 11) is 0. The SMILES string of the molecule is CC(C)[C@@H]1NC(=O)[C@@H]2CS[C@H]3CC[C@H](NC(=O)[C@H](CC(=O)O)NC(=O)[C@@H](C)NC(=O)[C@H](CCCN=C(N)N)NC1=O)C(=O)N32. The van der Waals surface area contributed by atoms with Crippen LogP contribution in [0.1, 0.15) is 52.9 Å². The standard InChI is InChI=1S/C26H41N9O8S/c1-11(2)19-24(42)31-13(5-4-8-29-26(27)28)21(39)30-12(3)20(38)33-15(9-18(36)37)22(40)32-14-6-7-17-35(25(14)43)16(10-44-17)23(41)34-19/h11-17,19H,4-10H2,1-3H3,(H,30,39)(H,31,42)(H,32,40)(H,33,38)(H,34,41)(H,36,37)(H4,27,28,29)/t12-,13+,14+,15+,16+,17+,19+/m1/s1. The highest BCUT2D eigenvalue weighted by Gasteiger charge is 2.48. The number of carbonyl (C=O) groups is 7. The van der Waals surface area contributed by atoms with Gasteiger partial charge in [0.15, 0.2) is 5.96 Å². The number of nitrogens with two attached hydrogens (primary N) is 2. The molecule has 7 atom stereocenters. The molecule has 18 heteroatoms. The fourth-order valence-corrected chi connectivity index (χ4v) is 6.61. The first-order chi connectivity index (χ1) is 20.7. The van der Waals surface area contributed by atoms with Gasteiger partial charge in [0, 0.05) is 12.3 Å². The van der Waals surface area contributed by atoms with Crippen LogP contribution in [0.5, 0.6) is 0 Å². The summed E-state index contributed by atoms with van der Waals surface area (Å²) in [6.45, 7) is 4.91. The van der Waals surface area contributed by atoms with Gasteiger partial charge in [0.2, 0.25) is 35.4 Å². The molecule has 0 aromatic rings. The number of amides is 6. The molecule has 0 aromatic heterocycles. The topological polar surface area (TPSA) is 268 Å². The number of piperidine rings is 1. The average Bonchev–Trinajstić information content (AvgIpc) is 3.38. The second-order valence-electron chi connectivity index (χ2n) is 11.3. The van der Waals surface area contributed by atoms with Crippen LogP contribution in [-0.2, 0) is 33.6 Å². The molecular formula is C26H41N9O8S. The first-order valence-corrected chi connectivity index (χ1v) is 15.5. The van der Waals surface area contributed by atoms with Crippen LogP contribution in [0.4, 0.5) is 0 Å². The minimum Gasteiger partial charge on any atom is -0.481 e. The molecule has 3 heterocycles. The van der Waals surface area contributed by atoms with E-state index in [9.17, 15) is 38.7 Å². The van der Waals surface area contributed by atoms with Gasteiger partial charge in [-0.2, -0.15) is 0 Å². The van der Waals surface area contributed by atoms with Gasteiger partial charge >= 0.3 is 5.97 Å². The zero-order valence-corrected chi connectivity index (χ0v) is 25.6. The first kappa shape index (κ1) is 34.4. The molecule has 2 bridgehead atoms.